The van der Waals surface area contributed by atoms with Gasteiger partial charge in [-0.3, -0.25) is 4.68 Å². The number of aromatic nitrogens is 2. The highest BCUT2D eigenvalue weighted by Crippen LogP contribution is 2.25. The summed E-state index contributed by atoms with van der Waals surface area (Å²) in [6.07, 6.45) is 1.63. The number of nitrogens with one attached hydrogen (secondary N) is 1. The number of hydrogen-bond acceptors (Lipinski definition) is 5. The summed E-state index contributed by atoms with van der Waals surface area (Å²) >= 11 is 0. The van der Waals surface area contributed by atoms with Crippen LogP contribution in [-0.4, -0.2) is 25.3 Å². The first-order valence-electron chi connectivity index (χ1n) is 6.26. The monoisotopic (exact) mass is 310 g/mol. The third-order valence-corrected chi connectivity index (χ3v) is 4.69. The maximum Gasteiger partial charge on any atom is 0.244 e. The lowest BCUT2D eigenvalue weighted by Gasteiger charge is -2.11. The first-order chi connectivity index (χ1) is 9.85. The average Bonchev–Trinajstić information content (AvgIpc) is 2.77. The molecule has 3 N–H and O–H groups in total. The van der Waals surface area contributed by atoms with Crippen LogP contribution >= 0.6 is 0 Å². The normalized spacial score (nSPS) is 11.6. The molecule has 0 unspecified atom stereocenters. The van der Waals surface area contributed by atoms with Gasteiger partial charge in [0.1, 0.15) is 10.6 Å². The second-order valence-corrected chi connectivity index (χ2v) is 6.35. The summed E-state index contributed by atoms with van der Waals surface area (Å²) in [6, 6.07) is 4.49. The molecule has 0 fully saturated rings. The number of benzene rings is 1. The molecule has 0 aliphatic heterocycles. The van der Waals surface area contributed by atoms with Gasteiger partial charge in [0.05, 0.1) is 13.3 Å². The number of aryl methyl sites for hydroxylation is 1. The van der Waals surface area contributed by atoms with Crippen molar-refractivity contribution < 1.29 is 13.2 Å². The Balaban J connectivity index is 2.27. The zero-order valence-electron chi connectivity index (χ0n) is 12.1. The number of ether oxygens (including phenoxy) is 1. The van der Waals surface area contributed by atoms with E-state index in [9.17, 15) is 8.42 Å². The van der Waals surface area contributed by atoms with Gasteiger partial charge >= 0.3 is 0 Å². The molecular weight excluding hydrogens is 292 g/mol. The molecule has 0 atom stereocenters. The lowest BCUT2D eigenvalue weighted by Crippen LogP contribution is -2.24. The Labute approximate surface area is 123 Å². The van der Waals surface area contributed by atoms with Crippen LogP contribution < -0.4 is 15.2 Å². The van der Waals surface area contributed by atoms with Crippen LogP contribution in [0.4, 0.5) is 5.69 Å². The van der Waals surface area contributed by atoms with E-state index < -0.39 is 10.0 Å². The van der Waals surface area contributed by atoms with Gasteiger partial charge in [0.2, 0.25) is 10.0 Å². The van der Waals surface area contributed by atoms with Crippen molar-refractivity contribution in [2.45, 2.75) is 18.4 Å². The predicted octanol–water partition coefficient (Wildman–Crippen LogP) is 0.798. The summed E-state index contributed by atoms with van der Waals surface area (Å²) in [7, 11) is -0.511. The Morgan fingerprint density at radius 1 is 1.43 bits per heavy atom. The SMILES string of the molecule is COc1ccc(N)cc1S(=O)(=O)NCc1cnn(C)c1C. The predicted molar refractivity (Wildman–Crippen MR) is 79.4 cm³/mol. The molecule has 0 aliphatic carbocycles. The maximum atomic E-state index is 12.4. The lowest BCUT2D eigenvalue weighted by atomic mass is 10.3. The van der Waals surface area contributed by atoms with Crippen LogP contribution in [0.1, 0.15) is 11.3 Å². The number of nitrogen functional groups attached to an aromatic ring is 1. The van der Waals surface area contributed by atoms with Crippen LogP contribution in [0.25, 0.3) is 0 Å². The molecule has 0 bridgehead atoms. The largest absolute Gasteiger partial charge is 0.495 e. The Kier molecular flexibility index (Phi) is 4.19. The van der Waals surface area contributed by atoms with E-state index >= 15 is 0 Å². The summed E-state index contributed by atoms with van der Waals surface area (Å²) < 4.78 is 34.1. The third-order valence-electron chi connectivity index (χ3n) is 3.27. The summed E-state index contributed by atoms with van der Waals surface area (Å²) in [5.74, 6) is 0.250. The van der Waals surface area contributed by atoms with Crippen molar-refractivity contribution in [1.82, 2.24) is 14.5 Å². The molecule has 0 aliphatic rings. The van der Waals surface area contributed by atoms with Gasteiger partial charge in [-0.15, -0.1) is 0 Å². The number of anilines is 1. The van der Waals surface area contributed by atoms with Crippen LogP contribution in [0.5, 0.6) is 5.75 Å². The molecule has 0 amide bonds. The Hall–Kier alpha value is -2.06. The average molecular weight is 310 g/mol. The van der Waals surface area contributed by atoms with Crippen LogP contribution in [-0.2, 0) is 23.6 Å². The molecule has 1 aromatic carbocycles. The Bertz CT molecular complexity index is 753. The molecule has 21 heavy (non-hydrogen) atoms. The summed E-state index contributed by atoms with van der Waals surface area (Å²) in [4.78, 5) is 0.0199. The van der Waals surface area contributed by atoms with Crippen molar-refractivity contribution in [3.8, 4) is 5.75 Å². The highest BCUT2D eigenvalue weighted by molar-refractivity contribution is 7.89. The minimum absolute atomic E-state index is 0.0199. The van der Waals surface area contributed by atoms with Gasteiger partial charge in [0.15, 0.2) is 0 Å². The van der Waals surface area contributed by atoms with Gasteiger partial charge in [-0.05, 0) is 25.1 Å². The van der Waals surface area contributed by atoms with Gasteiger partial charge < -0.3 is 10.5 Å². The third kappa shape index (κ3) is 3.17. The molecule has 0 spiro atoms. The standard InChI is InChI=1S/C13H18N4O3S/c1-9-10(7-15-17(9)2)8-16-21(18,19)13-6-11(14)4-5-12(13)20-3/h4-7,16H,8,14H2,1-3H3. The number of methoxy groups -OCH3 is 1. The smallest absolute Gasteiger partial charge is 0.244 e. The first kappa shape index (κ1) is 15.3. The number of rotatable bonds is 5. The molecule has 1 aromatic heterocycles. The summed E-state index contributed by atoms with van der Waals surface area (Å²) in [6.45, 7) is 2.03. The molecule has 1 heterocycles. The molecule has 0 saturated heterocycles. The Morgan fingerprint density at radius 3 is 2.71 bits per heavy atom. The maximum absolute atomic E-state index is 12.4. The molecule has 0 saturated carbocycles. The van der Waals surface area contributed by atoms with Gasteiger partial charge in [0, 0.05) is 30.5 Å². The van der Waals surface area contributed by atoms with Crippen molar-refractivity contribution in [2.75, 3.05) is 12.8 Å². The fourth-order valence-electron chi connectivity index (χ4n) is 1.87. The van der Waals surface area contributed by atoms with Crippen molar-refractivity contribution in [1.29, 1.82) is 0 Å². The van der Waals surface area contributed by atoms with E-state index in [-0.39, 0.29) is 17.2 Å². The van der Waals surface area contributed by atoms with E-state index in [4.69, 9.17) is 10.5 Å². The highest BCUT2D eigenvalue weighted by atomic mass is 32.2. The molecule has 2 rings (SSSR count). The number of nitrogens with two attached hydrogens (primary N) is 1. The molecule has 2 aromatic rings. The van der Waals surface area contributed by atoms with Gasteiger partial charge in [0.25, 0.3) is 0 Å². The molecule has 0 radical (unpaired) electrons. The van der Waals surface area contributed by atoms with Crippen LogP contribution in [0.3, 0.4) is 0 Å². The van der Waals surface area contributed by atoms with Crippen molar-refractivity contribution in [3.05, 3.63) is 35.7 Å². The van der Waals surface area contributed by atoms with E-state index in [1.165, 1.54) is 19.2 Å². The first-order valence-corrected chi connectivity index (χ1v) is 7.74. The Morgan fingerprint density at radius 2 is 2.14 bits per heavy atom. The van der Waals surface area contributed by atoms with Crippen LogP contribution in [0.15, 0.2) is 29.3 Å². The zero-order chi connectivity index (χ0) is 15.6. The van der Waals surface area contributed by atoms with E-state index in [1.54, 1.807) is 24.0 Å². The molecule has 8 heteroatoms. The topological polar surface area (TPSA) is 99.2 Å². The highest BCUT2D eigenvalue weighted by Gasteiger charge is 2.20. The summed E-state index contributed by atoms with van der Waals surface area (Å²) in [5, 5.41) is 4.07. The van der Waals surface area contributed by atoms with E-state index in [0.717, 1.165) is 11.3 Å². The quantitative estimate of drug-likeness (QED) is 0.796. The second-order valence-electron chi connectivity index (χ2n) is 4.61. The molecule has 114 valence electrons. The van der Waals surface area contributed by atoms with E-state index in [1.807, 2.05) is 6.92 Å². The van der Waals surface area contributed by atoms with Crippen molar-refractivity contribution in [2.24, 2.45) is 7.05 Å². The zero-order valence-corrected chi connectivity index (χ0v) is 12.9. The fourth-order valence-corrected chi connectivity index (χ4v) is 3.08. The lowest BCUT2D eigenvalue weighted by molar-refractivity contribution is 0.402. The minimum Gasteiger partial charge on any atom is -0.495 e. The van der Waals surface area contributed by atoms with Crippen LogP contribution in [0.2, 0.25) is 0 Å². The van der Waals surface area contributed by atoms with Crippen molar-refractivity contribution >= 4 is 15.7 Å². The molecule has 7 nitrogen and oxygen atoms in total. The van der Waals surface area contributed by atoms with Gasteiger partial charge in [-0.25, -0.2) is 13.1 Å². The number of nitrogens with zero attached hydrogens (tertiary/aromatic N) is 2. The number of hydrogen-bond donors (Lipinski definition) is 2. The second kappa shape index (κ2) is 5.74. The fraction of sp³-hybridized carbons (Fsp3) is 0.308. The van der Waals surface area contributed by atoms with Gasteiger partial charge in [-0.2, -0.15) is 5.10 Å². The number of sulfonamides is 1. The van der Waals surface area contributed by atoms with Gasteiger partial charge in [-0.1, -0.05) is 0 Å². The minimum atomic E-state index is -3.72. The van der Waals surface area contributed by atoms with E-state index in [0.29, 0.717) is 5.69 Å². The summed E-state index contributed by atoms with van der Waals surface area (Å²) in [5.41, 5.74) is 7.72. The molecular formula is C13H18N4O3S. The van der Waals surface area contributed by atoms with Crippen LogP contribution in [0, 0.1) is 6.92 Å². The van der Waals surface area contributed by atoms with Crippen molar-refractivity contribution in [3.63, 3.8) is 0 Å². The van der Waals surface area contributed by atoms with E-state index in [2.05, 4.69) is 9.82 Å².